The lowest BCUT2D eigenvalue weighted by Crippen LogP contribution is -2.07. The SMILES string of the molecule is CCCCCOc1cc(C2=Cc3cc4ccc(cc5ccc(cc6nc(cc2n3)C=C6)[nH]5)[nH]4)cc(OCCCCC)c1OCCCCC. The van der Waals surface area contributed by atoms with Gasteiger partial charge in [0.15, 0.2) is 11.5 Å². The van der Waals surface area contributed by atoms with Crippen LogP contribution >= 0.6 is 0 Å². The monoisotopic (exact) mass is 644 g/mol. The molecule has 2 aliphatic heterocycles. The van der Waals surface area contributed by atoms with Gasteiger partial charge in [-0.3, -0.25) is 0 Å². The van der Waals surface area contributed by atoms with Crippen LogP contribution in [0.15, 0.2) is 60.7 Å². The molecule has 0 saturated heterocycles. The van der Waals surface area contributed by atoms with Crippen LogP contribution in [-0.4, -0.2) is 39.8 Å². The van der Waals surface area contributed by atoms with Gasteiger partial charge < -0.3 is 24.2 Å². The zero-order valence-corrected chi connectivity index (χ0v) is 28.6. The van der Waals surface area contributed by atoms with E-state index in [2.05, 4.69) is 97.5 Å². The second-order valence-corrected chi connectivity index (χ2v) is 12.6. The van der Waals surface area contributed by atoms with E-state index in [1.54, 1.807) is 0 Å². The maximum Gasteiger partial charge on any atom is 0.203 e. The molecular weight excluding hydrogens is 596 g/mol. The van der Waals surface area contributed by atoms with Crippen molar-refractivity contribution < 1.29 is 14.2 Å². The number of ether oxygens (including phenoxy) is 3. The van der Waals surface area contributed by atoms with Crippen molar-refractivity contribution in [2.75, 3.05) is 19.8 Å². The molecular formula is C41H48N4O3. The molecule has 48 heavy (non-hydrogen) atoms. The zero-order valence-electron chi connectivity index (χ0n) is 28.6. The van der Waals surface area contributed by atoms with E-state index in [-0.39, 0.29) is 0 Å². The van der Waals surface area contributed by atoms with Crippen LogP contribution in [0.5, 0.6) is 17.2 Å². The molecule has 5 heterocycles. The lowest BCUT2D eigenvalue weighted by atomic mass is 10.0. The van der Waals surface area contributed by atoms with Crippen LogP contribution in [-0.2, 0) is 0 Å². The molecule has 0 spiro atoms. The van der Waals surface area contributed by atoms with Gasteiger partial charge in [0.1, 0.15) is 0 Å². The number of aromatic nitrogens is 4. The molecule has 250 valence electrons. The summed E-state index contributed by atoms with van der Waals surface area (Å²) >= 11 is 0. The third-order valence-electron chi connectivity index (χ3n) is 8.50. The summed E-state index contributed by atoms with van der Waals surface area (Å²) in [4.78, 5) is 17.0. The van der Waals surface area contributed by atoms with Crippen molar-refractivity contribution in [3.63, 3.8) is 0 Å². The number of H-pyrrole nitrogens is 2. The lowest BCUT2D eigenvalue weighted by Gasteiger charge is -2.19. The second kappa shape index (κ2) is 16.4. The standard InChI is InChI=1S/C41H48N4O3/c1-4-7-10-19-46-39-22-29(23-40(47-20-11-8-5-2)41(39)48-21-12-9-6-3)37-27-36-26-34-16-15-32(43-34)24-30-13-14-31(42-30)25-33-17-18-35(44-33)28-38(37)45-36/h13-18,22-28,42-43H,4-12,19-21H2,1-3H3. The molecule has 0 radical (unpaired) electrons. The van der Waals surface area contributed by atoms with Gasteiger partial charge in [0.05, 0.1) is 42.6 Å². The molecule has 8 bridgehead atoms. The van der Waals surface area contributed by atoms with Crippen LogP contribution in [0.3, 0.4) is 0 Å². The number of hydrogen-bond acceptors (Lipinski definition) is 5. The van der Waals surface area contributed by atoms with Gasteiger partial charge in [-0.25, -0.2) is 9.97 Å². The average molecular weight is 645 g/mol. The molecule has 2 N–H and O–H groups in total. The van der Waals surface area contributed by atoms with Crippen LogP contribution in [0, 0.1) is 0 Å². The van der Waals surface area contributed by atoms with Crippen molar-refractivity contribution in [3.05, 3.63) is 89.0 Å². The van der Waals surface area contributed by atoms with Gasteiger partial charge in [-0.2, -0.15) is 0 Å². The van der Waals surface area contributed by atoms with Crippen molar-refractivity contribution in [2.24, 2.45) is 0 Å². The van der Waals surface area contributed by atoms with E-state index in [0.717, 1.165) is 125 Å². The van der Waals surface area contributed by atoms with Crippen molar-refractivity contribution in [2.45, 2.75) is 78.6 Å². The van der Waals surface area contributed by atoms with Crippen molar-refractivity contribution in [1.29, 1.82) is 0 Å². The molecule has 4 aromatic rings. The van der Waals surface area contributed by atoms with E-state index in [4.69, 9.17) is 24.2 Å². The van der Waals surface area contributed by atoms with Crippen LogP contribution in [0.1, 0.15) is 107 Å². The highest BCUT2D eigenvalue weighted by atomic mass is 16.5. The van der Waals surface area contributed by atoms with E-state index in [1.807, 2.05) is 12.2 Å². The first kappa shape index (κ1) is 33.1. The topological polar surface area (TPSA) is 85.1 Å². The third-order valence-corrected chi connectivity index (χ3v) is 8.50. The molecule has 7 nitrogen and oxygen atoms in total. The summed E-state index contributed by atoms with van der Waals surface area (Å²) in [7, 11) is 0. The zero-order chi connectivity index (χ0) is 33.1. The fraction of sp³-hybridized carbons (Fsp3) is 0.366. The molecule has 1 aromatic carbocycles. The van der Waals surface area contributed by atoms with Crippen LogP contribution < -0.4 is 14.2 Å². The molecule has 6 rings (SSSR count). The summed E-state index contributed by atoms with van der Waals surface area (Å²) in [6.07, 6.45) is 15.9. The van der Waals surface area contributed by atoms with Crippen molar-refractivity contribution in [1.82, 2.24) is 19.9 Å². The van der Waals surface area contributed by atoms with Crippen LogP contribution in [0.2, 0.25) is 0 Å². The van der Waals surface area contributed by atoms with Crippen LogP contribution in [0.4, 0.5) is 0 Å². The third kappa shape index (κ3) is 8.57. The van der Waals surface area contributed by atoms with Crippen LogP contribution in [0.25, 0.3) is 45.9 Å². The number of hydrogen-bond donors (Lipinski definition) is 2. The van der Waals surface area contributed by atoms with E-state index >= 15 is 0 Å². The first-order chi connectivity index (χ1) is 23.6. The van der Waals surface area contributed by atoms with Crippen molar-refractivity contribution >= 4 is 45.9 Å². The molecule has 0 saturated carbocycles. The fourth-order valence-electron chi connectivity index (χ4n) is 5.93. The van der Waals surface area contributed by atoms with E-state index in [0.29, 0.717) is 25.6 Å². The smallest absolute Gasteiger partial charge is 0.203 e. The van der Waals surface area contributed by atoms with Gasteiger partial charge in [0, 0.05) is 27.6 Å². The highest BCUT2D eigenvalue weighted by Crippen LogP contribution is 2.43. The summed E-state index contributed by atoms with van der Waals surface area (Å²) in [6, 6.07) is 20.8. The number of nitrogens with one attached hydrogen (secondary N) is 2. The number of rotatable bonds is 16. The maximum atomic E-state index is 6.48. The largest absolute Gasteiger partial charge is 0.490 e. The molecule has 0 fully saturated rings. The van der Waals surface area contributed by atoms with Gasteiger partial charge in [-0.15, -0.1) is 0 Å². The Kier molecular flexibility index (Phi) is 11.3. The summed E-state index contributed by atoms with van der Waals surface area (Å²) in [5, 5.41) is 0. The lowest BCUT2D eigenvalue weighted by molar-refractivity contribution is 0.235. The number of aromatic amines is 2. The summed E-state index contributed by atoms with van der Waals surface area (Å²) in [5.74, 6) is 2.14. The van der Waals surface area contributed by atoms with E-state index < -0.39 is 0 Å². The molecule has 0 aliphatic carbocycles. The van der Waals surface area contributed by atoms with Gasteiger partial charge in [0.2, 0.25) is 5.75 Å². The van der Waals surface area contributed by atoms with Gasteiger partial charge in [-0.1, -0.05) is 59.3 Å². The minimum absolute atomic E-state index is 0.625. The Morgan fingerprint density at radius 2 is 1.02 bits per heavy atom. The maximum absolute atomic E-state index is 6.48. The molecule has 0 unspecified atom stereocenters. The Hall–Kier alpha value is -4.78. The molecule has 7 heteroatoms. The fourth-order valence-corrected chi connectivity index (χ4v) is 5.93. The number of nitrogens with zero attached hydrogens (tertiary/aromatic N) is 2. The summed E-state index contributed by atoms with van der Waals surface area (Å²) < 4.78 is 19.4. The Bertz CT molecular complexity index is 1880. The Labute approximate surface area is 284 Å². The first-order valence-electron chi connectivity index (χ1n) is 17.8. The normalized spacial score (nSPS) is 12.3. The molecule has 0 atom stereocenters. The quantitative estimate of drug-likeness (QED) is 0.102. The van der Waals surface area contributed by atoms with E-state index in [1.165, 1.54) is 0 Å². The highest BCUT2D eigenvalue weighted by molar-refractivity contribution is 5.94. The minimum Gasteiger partial charge on any atom is -0.490 e. The first-order valence-corrected chi connectivity index (χ1v) is 17.8. The number of fused-ring (bicyclic) bond motifs is 8. The predicted octanol–water partition coefficient (Wildman–Crippen LogP) is 10.8. The minimum atomic E-state index is 0.625. The number of benzene rings is 1. The summed E-state index contributed by atoms with van der Waals surface area (Å²) in [6.45, 7) is 8.50. The van der Waals surface area contributed by atoms with Gasteiger partial charge in [-0.05, 0) is 104 Å². The average Bonchev–Trinajstić information content (AvgIpc) is 3.90. The Morgan fingerprint density at radius 3 is 1.58 bits per heavy atom. The predicted molar refractivity (Wildman–Crippen MR) is 198 cm³/mol. The van der Waals surface area contributed by atoms with E-state index in [9.17, 15) is 0 Å². The molecule has 3 aromatic heterocycles. The van der Waals surface area contributed by atoms with Gasteiger partial charge in [0.25, 0.3) is 0 Å². The number of unbranched alkanes of at least 4 members (excludes halogenated alkanes) is 6. The Morgan fingerprint density at radius 1 is 0.521 bits per heavy atom. The molecule has 2 aliphatic rings. The summed E-state index contributed by atoms with van der Waals surface area (Å²) in [5.41, 5.74) is 9.40. The molecule has 0 amide bonds. The second-order valence-electron chi connectivity index (χ2n) is 12.6. The Balaban J connectivity index is 1.47. The van der Waals surface area contributed by atoms with Crippen molar-refractivity contribution in [3.8, 4) is 17.2 Å². The van der Waals surface area contributed by atoms with Gasteiger partial charge >= 0.3 is 0 Å². The highest BCUT2D eigenvalue weighted by Gasteiger charge is 2.21.